The third-order valence-electron chi connectivity index (χ3n) is 3.38. The molecule has 4 nitrogen and oxygen atoms in total. The van der Waals surface area contributed by atoms with Crippen LogP contribution in [0.4, 0.5) is 0 Å². The van der Waals surface area contributed by atoms with Crippen LogP contribution in [-0.4, -0.2) is 29.2 Å². The van der Waals surface area contributed by atoms with E-state index < -0.39 is 5.60 Å². The normalized spacial score (nSPS) is 26.4. The monoisotopic (exact) mass is 198 g/mol. The molecule has 0 saturated heterocycles. The van der Waals surface area contributed by atoms with E-state index >= 15 is 0 Å². The molecule has 0 unspecified atom stereocenters. The Morgan fingerprint density at radius 2 is 2.21 bits per heavy atom. The number of hydrogen-bond donors (Lipinski definition) is 3. The molecule has 0 heterocycles. The molecule has 1 amide bonds. The van der Waals surface area contributed by atoms with E-state index in [9.17, 15) is 9.90 Å². The van der Waals surface area contributed by atoms with Gasteiger partial charge in [0.25, 0.3) is 0 Å². The average Bonchev–Trinajstić information content (AvgIpc) is 2.77. The SMILES string of the molecule is N[C@@H](C(=O)NCC1(O)CC1)C1CCC1. The van der Waals surface area contributed by atoms with E-state index in [0.717, 1.165) is 25.7 Å². The van der Waals surface area contributed by atoms with Gasteiger partial charge in [0.05, 0.1) is 11.6 Å². The van der Waals surface area contributed by atoms with Crippen LogP contribution in [0, 0.1) is 5.92 Å². The zero-order chi connectivity index (χ0) is 10.2. The Balaban J connectivity index is 1.71. The molecule has 1 atom stereocenters. The smallest absolute Gasteiger partial charge is 0.237 e. The highest BCUT2D eigenvalue weighted by molar-refractivity contribution is 5.82. The van der Waals surface area contributed by atoms with Crippen molar-refractivity contribution in [3.8, 4) is 0 Å². The Hall–Kier alpha value is -0.610. The molecule has 4 heteroatoms. The number of aliphatic hydroxyl groups is 1. The molecule has 2 rings (SSSR count). The lowest BCUT2D eigenvalue weighted by atomic mass is 9.80. The first-order valence-corrected chi connectivity index (χ1v) is 5.36. The van der Waals surface area contributed by atoms with Crippen LogP contribution < -0.4 is 11.1 Å². The van der Waals surface area contributed by atoms with Gasteiger partial charge in [0.15, 0.2) is 0 Å². The fourth-order valence-corrected chi connectivity index (χ4v) is 1.70. The summed E-state index contributed by atoms with van der Waals surface area (Å²) in [5.74, 6) is 0.263. The number of rotatable bonds is 4. The zero-order valence-corrected chi connectivity index (χ0v) is 8.33. The first-order chi connectivity index (χ1) is 6.61. The summed E-state index contributed by atoms with van der Waals surface area (Å²) in [6.45, 7) is 0.367. The number of hydrogen-bond acceptors (Lipinski definition) is 3. The third-order valence-corrected chi connectivity index (χ3v) is 3.38. The molecular formula is C10H18N2O2. The summed E-state index contributed by atoms with van der Waals surface area (Å²) in [6.07, 6.45) is 4.92. The second-order valence-corrected chi connectivity index (χ2v) is 4.66. The molecule has 2 saturated carbocycles. The minimum Gasteiger partial charge on any atom is -0.388 e. The maximum absolute atomic E-state index is 11.5. The number of nitrogens with two attached hydrogens (primary N) is 1. The topological polar surface area (TPSA) is 75.4 Å². The zero-order valence-electron chi connectivity index (χ0n) is 8.33. The first-order valence-electron chi connectivity index (χ1n) is 5.36. The minimum absolute atomic E-state index is 0.102. The lowest BCUT2D eigenvalue weighted by Crippen LogP contribution is -2.49. The van der Waals surface area contributed by atoms with Crippen molar-refractivity contribution in [2.45, 2.75) is 43.7 Å². The van der Waals surface area contributed by atoms with Gasteiger partial charge in [-0.25, -0.2) is 0 Å². The highest BCUT2D eigenvalue weighted by Crippen LogP contribution is 2.34. The summed E-state index contributed by atoms with van der Waals surface area (Å²) in [6, 6.07) is -0.369. The van der Waals surface area contributed by atoms with Gasteiger partial charge in [-0.15, -0.1) is 0 Å². The Bertz CT molecular complexity index is 234. The Morgan fingerprint density at radius 3 is 2.64 bits per heavy atom. The van der Waals surface area contributed by atoms with E-state index in [4.69, 9.17) is 5.73 Å². The van der Waals surface area contributed by atoms with E-state index in [1.165, 1.54) is 6.42 Å². The van der Waals surface area contributed by atoms with Gasteiger partial charge in [-0.3, -0.25) is 4.79 Å². The highest BCUT2D eigenvalue weighted by atomic mass is 16.3. The largest absolute Gasteiger partial charge is 0.388 e. The number of carbonyl (C=O) groups is 1. The minimum atomic E-state index is -0.616. The Morgan fingerprint density at radius 1 is 1.57 bits per heavy atom. The number of nitrogens with one attached hydrogen (secondary N) is 1. The lowest BCUT2D eigenvalue weighted by Gasteiger charge is -2.30. The van der Waals surface area contributed by atoms with Gasteiger partial charge in [0.1, 0.15) is 0 Å². The molecule has 0 aromatic heterocycles. The molecule has 2 fully saturated rings. The van der Waals surface area contributed by atoms with Gasteiger partial charge in [-0.1, -0.05) is 6.42 Å². The fraction of sp³-hybridized carbons (Fsp3) is 0.900. The van der Waals surface area contributed by atoms with E-state index in [-0.39, 0.29) is 11.9 Å². The summed E-state index contributed by atoms with van der Waals surface area (Å²) < 4.78 is 0. The van der Waals surface area contributed by atoms with Gasteiger partial charge in [0.2, 0.25) is 5.91 Å². The van der Waals surface area contributed by atoms with Crippen LogP contribution in [0.25, 0.3) is 0 Å². The van der Waals surface area contributed by atoms with Crippen molar-refractivity contribution in [2.24, 2.45) is 11.7 Å². The standard InChI is InChI=1S/C10H18N2O2/c11-8(7-2-1-3-7)9(13)12-6-10(14)4-5-10/h7-8,14H,1-6,11H2,(H,12,13)/t8-/m1/s1. The summed E-state index contributed by atoms with van der Waals surface area (Å²) in [5.41, 5.74) is 5.16. The van der Waals surface area contributed by atoms with Gasteiger partial charge in [-0.05, 0) is 31.6 Å². The molecule has 0 spiro atoms. The summed E-state index contributed by atoms with van der Waals surface area (Å²) in [7, 11) is 0. The predicted octanol–water partition coefficient (Wildman–Crippen LogP) is -0.245. The van der Waals surface area contributed by atoms with Gasteiger partial charge in [0, 0.05) is 6.54 Å². The maximum Gasteiger partial charge on any atom is 0.237 e. The van der Waals surface area contributed by atoms with E-state index in [1.54, 1.807) is 0 Å². The van der Waals surface area contributed by atoms with Crippen molar-refractivity contribution in [3.05, 3.63) is 0 Å². The van der Waals surface area contributed by atoms with Gasteiger partial charge >= 0.3 is 0 Å². The van der Waals surface area contributed by atoms with Gasteiger partial charge < -0.3 is 16.2 Å². The first kappa shape index (κ1) is 9.93. The molecule has 0 aromatic carbocycles. The number of carbonyl (C=O) groups excluding carboxylic acids is 1. The fourth-order valence-electron chi connectivity index (χ4n) is 1.70. The molecule has 80 valence electrons. The molecule has 0 radical (unpaired) electrons. The van der Waals surface area contributed by atoms with Crippen LogP contribution in [-0.2, 0) is 4.79 Å². The van der Waals surface area contributed by atoms with Crippen LogP contribution in [0.15, 0.2) is 0 Å². The van der Waals surface area contributed by atoms with Crippen LogP contribution in [0.2, 0.25) is 0 Å². The quantitative estimate of drug-likeness (QED) is 0.583. The average molecular weight is 198 g/mol. The maximum atomic E-state index is 11.5. The third kappa shape index (κ3) is 2.07. The van der Waals surface area contributed by atoms with Crippen LogP contribution in [0.1, 0.15) is 32.1 Å². The second kappa shape index (κ2) is 3.51. The lowest BCUT2D eigenvalue weighted by molar-refractivity contribution is -0.124. The van der Waals surface area contributed by atoms with E-state index in [0.29, 0.717) is 12.5 Å². The van der Waals surface area contributed by atoms with Crippen molar-refractivity contribution >= 4 is 5.91 Å². The number of amides is 1. The summed E-state index contributed by atoms with van der Waals surface area (Å²) >= 11 is 0. The molecule has 4 N–H and O–H groups in total. The molecule has 0 bridgehead atoms. The highest BCUT2D eigenvalue weighted by Gasteiger charge is 2.41. The van der Waals surface area contributed by atoms with Crippen LogP contribution in [0.5, 0.6) is 0 Å². The van der Waals surface area contributed by atoms with Crippen molar-refractivity contribution < 1.29 is 9.90 Å². The Labute approximate surface area is 83.9 Å². The van der Waals surface area contributed by atoms with Crippen molar-refractivity contribution in [2.75, 3.05) is 6.54 Å². The summed E-state index contributed by atoms with van der Waals surface area (Å²) in [5, 5.41) is 12.2. The molecule has 14 heavy (non-hydrogen) atoms. The van der Waals surface area contributed by atoms with Crippen molar-refractivity contribution in [1.82, 2.24) is 5.32 Å². The second-order valence-electron chi connectivity index (χ2n) is 4.66. The molecule has 2 aliphatic carbocycles. The molecule has 2 aliphatic rings. The molecule has 0 aromatic rings. The summed E-state index contributed by atoms with van der Waals surface area (Å²) in [4.78, 5) is 11.5. The predicted molar refractivity (Wildman–Crippen MR) is 52.5 cm³/mol. The van der Waals surface area contributed by atoms with Gasteiger partial charge in [-0.2, -0.15) is 0 Å². The van der Waals surface area contributed by atoms with Crippen LogP contribution in [0.3, 0.4) is 0 Å². The van der Waals surface area contributed by atoms with E-state index in [1.807, 2.05) is 0 Å². The van der Waals surface area contributed by atoms with Crippen LogP contribution >= 0.6 is 0 Å². The molecule has 0 aliphatic heterocycles. The molecular weight excluding hydrogens is 180 g/mol. The van der Waals surface area contributed by atoms with Crippen molar-refractivity contribution in [1.29, 1.82) is 0 Å². The Kier molecular flexibility index (Phi) is 2.49. The van der Waals surface area contributed by atoms with Crippen molar-refractivity contribution in [3.63, 3.8) is 0 Å². The van der Waals surface area contributed by atoms with E-state index in [2.05, 4.69) is 5.32 Å².